The second kappa shape index (κ2) is 3.90. The van der Waals surface area contributed by atoms with Crippen molar-refractivity contribution in [1.82, 2.24) is 0 Å². The monoisotopic (exact) mass is 163 g/mol. The van der Waals surface area contributed by atoms with Gasteiger partial charge in [0.25, 0.3) is 0 Å². The zero-order valence-corrected chi connectivity index (χ0v) is 7.16. The van der Waals surface area contributed by atoms with Gasteiger partial charge in [0.1, 0.15) is 6.29 Å². The van der Waals surface area contributed by atoms with Gasteiger partial charge in [-0.15, -0.1) is 0 Å². The van der Waals surface area contributed by atoms with Gasteiger partial charge < -0.3 is 10.5 Å². The van der Waals surface area contributed by atoms with E-state index in [4.69, 9.17) is 5.73 Å². The van der Waals surface area contributed by atoms with E-state index < -0.39 is 0 Å². The summed E-state index contributed by atoms with van der Waals surface area (Å²) in [6.07, 6.45) is 1.76. The minimum absolute atomic E-state index is 0.0913. The van der Waals surface area contributed by atoms with E-state index in [2.05, 4.69) is 0 Å². The Hall–Kier alpha value is -1.31. The highest BCUT2D eigenvalue weighted by Gasteiger charge is 2.00. The largest absolute Gasteiger partial charge is 0.399 e. The molecule has 0 aliphatic carbocycles. The molecular weight excluding hydrogens is 150 g/mol. The Kier molecular flexibility index (Phi) is 2.86. The van der Waals surface area contributed by atoms with Crippen molar-refractivity contribution in [3.05, 3.63) is 29.8 Å². The molecule has 0 bridgehead atoms. The maximum atomic E-state index is 10.4. The van der Waals surface area contributed by atoms with Crippen LogP contribution in [0.25, 0.3) is 0 Å². The van der Waals surface area contributed by atoms with Crippen molar-refractivity contribution >= 4 is 12.0 Å². The van der Waals surface area contributed by atoms with Crippen LogP contribution in [0.3, 0.4) is 0 Å². The molecular formula is C10H13NO. The molecule has 0 spiro atoms. The van der Waals surface area contributed by atoms with Gasteiger partial charge in [-0.3, -0.25) is 0 Å². The lowest BCUT2D eigenvalue weighted by Crippen LogP contribution is -2.00. The first-order valence-corrected chi connectivity index (χ1v) is 4.02. The van der Waals surface area contributed by atoms with Crippen LogP contribution in [0, 0.1) is 5.92 Å². The van der Waals surface area contributed by atoms with Gasteiger partial charge in [0.15, 0.2) is 0 Å². The van der Waals surface area contributed by atoms with E-state index in [-0.39, 0.29) is 5.92 Å². The summed E-state index contributed by atoms with van der Waals surface area (Å²) in [6, 6.07) is 7.62. The number of hydrogen-bond acceptors (Lipinski definition) is 2. The van der Waals surface area contributed by atoms with Crippen LogP contribution in [0.15, 0.2) is 24.3 Å². The van der Waals surface area contributed by atoms with E-state index in [9.17, 15) is 4.79 Å². The summed E-state index contributed by atoms with van der Waals surface area (Å²) in [4.78, 5) is 10.4. The molecule has 2 N–H and O–H groups in total. The number of nitrogen functional groups attached to an aromatic ring is 1. The molecule has 1 aromatic rings. The average Bonchev–Trinajstić information content (AvgIpc) is 2.09. The SMILES string of the molecule is C[C@H](C=O)Cc1ccc(N)cc1. The standard InChI is InChI=1S/C10H13NO/c1-8(7-12)6-9-2-4-10(11)5-3-9/h2-5,7-8H,6,11H2,1H3/t8-/m0/s1. The van der Waals surface area contributed by atoms with Crippen molar-refractivity contribution in [2.45, 2.75) is 13.3 Å². The lowest BCUT2D eigenvalue weighted by molar-refractivity contribution is -0.110. The summed E-state index contributed by atoms with van der Waals surface area (Å²) in [7, 11) is 0. The highest BCUT2D eigenvalue weighted by Crippen LogP contribution is 2.09. The molecule has 0 saturated carbocycles. The summed E-state index contributed by atoms with van der Waals surface area (Å²) in [5.74, 6) is 0.0913. The van der Waals surface area contributed by atoms with Crippen LogP contribution in [0.5, 0.6) is 0 Å². The van der Waals surface area contributed by atoms with Crippen LogP contribution < -0.4 is 5.73 Å². The fourth-order valence-electron chi connectivity index (χ4n) is 1.07. The van der Waals surface area contributed by atoms with Crippen LogP contribution in [-0.4, -0.2) is 6.29 Å². The number of carbonyl (C=O) groups is 1. The average molecular weight is 163 g/mol. The normalized spacial score (nSPS) is 12.4. The molecule has 0 fully saturated rings. The quantitative estimate of drug-likeness (QED) is 0.543. The number of benzene rings is 1. The molecule has 0 aromatic heterocycles. The summed E-state index contributed by atoms with van der Waals surface area (Å²) in [6.45, 7) is 1.91. The Morgan fingerprint density at radius 2 is 2.00 bits per heavy atom. The van der Waals surface area contributed by atoms with E-state index in [0.717, 1.165) is 24.0 Å². The molecule has 2 nitrogen and oxygen atoms in total. The van der Waals surface area contributed by atoms with E-state index in [1.807, 2.05) is 31.2 Å². The fraction of sp³-hybridized carbons (Fsp3) is 0.300. The second-order valence-electron chi connectivity index (χ2n) is 3.06. The van der Waals surface area contributed by atoms with E-state index >= 15 is 0 Å². The van der Waals surface area contributed by atoms with Gasteiger partial charge in [0.05, 0.1) is 0 Å². The molecule has 0 aliphatic rings. The Bertz CT molecular complexity index is 253. The second-order valence-corrected chi connectivity index (χ2v) is 3.06. The molecule has 0 unspecified atom stereocenters. The van der Waals surface area contributed by atoms with Crippen molar-refractivity contribution in [2.24, 2.45) is 5.92 Å². The van der Waals surface area contributed by atoms with Gasteiger partial charge in [0.2, 0.25) is 0 Å². The van der Waals surface area contributed by atoms with Crippen molar-refractivity contribution < 1.29 is 4.79 Å². The minimum atomic E-state index is 0.0913. The Morgan fingerprint density at radius 1 is 1.42 bits per heavy atom. The number of rotatable bonds is 3. The zero-order chi connectivity index (χ0) is 8.97. The first-order valence-electron chi connectivity index (χ1n) is 4.02. The molecule has 0 heterocycles. The first kappa shape index (κ1) is 8.78. The molecule has 0 amide bonds. The van der Waals surface area contributed by atoms with E-state index in [0.29, 0.717) is 0 Å². The predicted molar refractivity (Wildman–Crippen MR) is 49.8 cm³/mol. The van der Waals surface area contributed by atoms with Crippen LogP contribution in [0.4, 0.5) is 5.69 Å². The highest BCUT2D eigenvalue weighted by atomic mass is 16.1. The fourth-order valence-corrected chi connectivity index (χ4v) is 1.07. The third kappa shape index (κ3) is 2.38. The van der Waals surface area contributed by atoms with Crippen LogP contribution in [-0.2, 0) is 11.2 Å². The molecule has 0 radical (unpaired) electrons. The smallest absolute Gasteiger partial charge is 0.123 e. The highest BCUT2D eigenvalue weighted by molar-refractivity contribution is 5.53. The maximum Gasteiger partial charge on any atom is 0.123 e. The maximum absolute atomic E-state index is 10.4. The lowest BCUT2D eigenvalue weighted by Gasteiger charge is -2.03. The molecule has 1 atom stereocenters. The number of nitrogens with two attached hydrogens (primary N) is 1. The third-order valence-electron chi connectivity index (χ3n) is 1.77. The Balaban J connectivity index is 2.64. The molecule has 0 aliphatic heterocycles. The predicted octanol–water partition coefficient (Wildman–Crippen LogP) is 1.65. The van der Waals surface area contributed by atoms with E-state index in [1.165, 1.54) is 0 Å². The van der Waals surface area contributed by atoms with Crippen molar-refractivity contribution in [1.29, 1.82) is 0 Å². The molecule has 0 saturated heterocycles. The van der Waals surface area contributed by atoms with Crippen molar-refractivity contribution in [3.63, 3.8) is 0 Å². The summed E-state index contributed by atoms with van der Waals surface area (Å²) in [5, 5.41) is 0. The Morgan fingerprint density at radius 3 is 2.50 bits per heavy atom. The third-order valence-corrected chi connectivity index (χ3v) is 1.77. The number of anilines is 1. The van der Waals surface area contributed by atoms with Gasteiger partial charge in [-0.05, 0) is 24.1 Å². The Labute approximate surface area is 72.4 Å². The van der Waals surface area contributed by atoms with Crippen LogP contribution in [0.1, 0.15) is 12.5 Å². The van der Waals surface area contributed by atoms with Gasteiger partial charge in [-0.2, -0.15) is 0 Å². The van der Waals surface area contributed by atoms with Crippen molar-refractivity contribution in [3.8, 4) is 0 Å². The van der Waals surface area contributed by atoms with Gasteiger partial charge in [0, 0.05) is 11.6 Å². The molecule has 64 valence electrons. The van der Waals surface area contributed by atoms with Gasteiger partial charge in [-0.1, -0.05) is 19.1 Å². The lowest BCUT2D eigenvalue weighted by atomic mass is 10.0. The topological polar surface area (TPSA) is 43.1 Å². The van der Waals surface area contributed by atoms with E-state index in [1.54, 1.807) is 0 Å². The number of hydrogen-bond donors (Lipinski definition) is 1. The number of carbonyl (C=O) groups excluding carboxylic acids is 1. The molecule has 12 heavy (non-hydrogen) atoms. The van der Waals surface area contributed by atoms with Gasteiger partial charge >= 0.3 is 0 Å². The van der Waals surface area contributed by atoms with Gasteiger partial charge in [-0.25, -0.2) is 0 Å². The van der Waals surface area contributed by atoms with Crippen LogP contribution >= 0.6 is 0 Å². The molecule has 1 aromatic carbocycles. The molecule has 1 rings (SSSR count). The van der Waals surface area contributed by atoms with Crippen molar-refractivity contribution in [2.75, 3.05) is 5.73 Å². The van der Waals surface area contributed by atoms with Crippen LogP contribution in [0.2, 0.25) is 0 Å². The number of aldehydes is 1. The summed E-state index contributed by atoms with van der Waals surface area (Å²) in [5.41, 5.74) is 7.44. The molecule has 2 heteroatoms. The summed E-state index contributed by atoms with van der Waals surface area (Å²) >= 11 is 0. The summed E-state index contributed by atoms with van der Waals surface area (Å²) < 4.78 is 0. The first-order chi connectivity index (χ1) is 5.72. The minimum Gasteiger partial charge on any atom is -0.399 e. The zero-order valence-electron chi connectivity index (χ0n) is 7.16.